The van der Waals surface area contributed by atoms with Gasteiger partial charge in [-0.2, -0.15) is 0 Å². The lowest BCUT2D eigenvalue weighted by Gasteiger charge is -2.27. The van der Waals surface area contributed by atoms with Crippen molar-refractivity contribution in [1.29, 1.82) is 0 Å². The van der Waals surface area contributed by atoms with E-state index in [4.69, 9.17) is 18.9 Å². The smallest absolute Gasteiger partial charge is 0.312 e. The van der Waals surface area contributed by atoms with Gasteiger partial charge < -0.3 is 18.9 Å². The first-order valence-electron chi connectivity index (χ1n) is 8.10. The molecule has 2 aromatic rings. The van der Waals surface area contributed by atoms with E-state index in [-0.39, 0.29) is 18.3 Å². The van der Waals surface area contributed by atoms with Crippen LogP contribution in [0.2, 0.25) is 0 Å². The zero-order valence-corrected chi connectivity index (χ0v) is 15.1. The minimum absolute atomic E-state index is 0.122. The maximum Gasteiger partial charge on any atom is 0.312 e. The summed E-state index contributed by atoms with van der Waals surface area (Å²) in [6, 6.07) is 7.88. The number of ether oxygens (including phenoxy) is 4. The third kappa shape index (κ3) is 3.02. The van der Waals surface area contributed by atoms with Crippen molar-refractivity contribution in [3.05, 3.63) is 46.5 Å². The normalized spacial score (nSPS) is 16.0. The van der Waals surface area contributed by atoms with Crippen LogP contribution in [0.15, 0.2) is 24.3 Å². The minimum atomic E-state index is -0.238. The molecule has 0 saturated carbocycles. The van der Waals surface area contributed by atoms with E-state index in [0.717, 1.165) is 22.3 Å². The monoisotopic (exact) mass is 342 g/mol. The van der Waals surface area contributed by atoms with E-state index in [2.05, 4.69) is 6.07 Å². The lowest BCUT2D eigenvalue weighted by atomic mass is 9.84. The third-order valence-electron chi connectivity index (χ3n) is 4.50. The van der Waals surface area contributed by atoms with Gasteiger partial charge in [0, 0.05) is 11.5 Å². The molecule has 0 aromatic heterocycles. The van der Waals surface area contributed by atoms with Crippen molar-refractivity contribution in [2.45, 2.75) is 26.2 Å². The topological polar surface area (TPSA) is 54.0 Å². The predicted octanol–water partition coefficient (Wildman–Crippen LogP) is 3.77. The van der Waals surface area contributed by atoms with Crippen molar-refractivity contribution >= 4 is 5.97 Å². The van der Waals surface area contributed by atoms with Gasteiger partial charge in [-0.25, -0.2) is 0 Å². The molecule has 25 heavy (non-hydrogen) atoms. The highest BCUT2D eigenvalue weighted by Crippen LogP contribution is 2.46. The number of hydrogen-bond donors (Lipinski definition) is 0. The molecule has 0 N–H and O–H groups in total. The Morgan fingerprint density at radius 1 is 0.960 bits per heavy atom. The van der Waals surface area contributed by atoms with Gasteiger partial charge in [0.25, 0.3) is 0 Å². The molecule has 5 heteroatoms. The molecule has 0 fully saturated rings. The van der Waals surface area contributed by atoms with Crippen molar-refractivity contribution in [3.63, 3.8) is 0 Å². The number of carbonyl (C=O) groups is 1. The molecule has 2 aromatic carbocycles. The first-order valence-corrected chi connectivity index (χ1v) is 8.10. The fourth-order valence-electron chi connectivity index (χ4n) is 3.42. The van der Waals surface area contributed by atoms with E-state index in [1.807, 2.05) is 32.0 Å². The minimum Gasteiger partial charge on any atom is -0.493 e. The van der Waals surface area contributed by atoms with Gasteiger partial charge in [-0.05, 0) is 37.1 Å². The first kappa shape index (κ1) is 17.1. The zero-order chi connectivity index (χ0) is 18.1. The maximum atomic E-state index is 12.2. The second-order valence-corrected chi connectivity index (χ2v) is 6.19. The number of benzene rings is 2. The van der Waals surface area contributed by atoms with Gasteiger partial charge in [0.2, 0.25) is 5.75 Å². The number of methoxy groups -OCH3 is 3. The van der Waals surface area contributed by atoms with Gasteiger partial charge in [-0.3, -0.25) is 4.79 Å². The van der Waals surface area contributed by atoms with Gasteiger partial charge >= 0.3 is 5.97 Å². The van der Waals surface area contributed by atoms with E-state index < -0.39 is 0 Å². The fraction of sp³-hybridized carbons (Fsp3) is 0.350. The Hall–Kier alpha value is -2.69. The van der Waals surface area contributed by atoms with E-state index in [1.165, 1.54) is 0 Å². The average molecular weight is 342 g/mol. The van der Waals surface area contributed by atoms with Gasteiger partial charge in [-0.15, -0.1) is 0 Å². The number of esters is 1. The summed E-state index contributed by atoms with van der Waals surface area (Å²) in [4.78, 5) is 12.2. The van der Waals surface area contributed by atoms with E-state index in [1.54, 1.807) is 21.3 Å². The Balaban J connectivity index is 2.19. The predicted molar refractivity (Wildman–Crippen MR) is 94.1 cm³/mol. The summed E-state index contributed by atoms with van der Waals surface area (Å²) < 4.78 is 21.8. The quantitative estimate of drug-likeness (QED) is 0.625. The molecule has 0 saturated heterocycles. The zero-order valence-electron chi connectivity index (χ0n) is 15.1. The van der Waals surface area contributed by atoms with Crippen LogP contribution in [0.3, 0.4) is 0 Å². The molecule has 1 aliphatic heterocycles. The van der Waals surface area contributed by atoms with Crippen LogP contribution in [0.4, 0.5) is 0 Å². The van der Waals surface area contributed by atoms with Crippen LogP contribution in [-0.4, -0.2) is 27.3 Å². The Bertz CT molecular complexity index is 800. The van der Waals surface area contributed by atoms with Crippen LogP contribution in [0.1, 0.15) is 34.6 Å². The highest BCUT2D eigenvalue weighted by atomic mass is 16.5. The van der Waals surface area contributed by atoms with Gasteiger partial charge in [0.05, 0.1) is 27.8 Å². The summed E-state index contributed by atoms with van der Waals surface area (Å²) in [5.74, 6) is 1.97. The van der Waals surface area contributed by atoms with Crippen LogP contribution >= 0.6 is 0 Å². The first-order chi connectivity index (χ1) is 12.0. The number of aryl methyl sites for hydroxylation is 2. The van der Waals surface area contributed by atoms with Crippen molar-refractivity contribution < 1.29 is 23.7 Å². The standard InChI is InChI=1S/C20H22O5/c1-11-6-12(2)19-15(7-11)14(10-18(21)25-19)13-8-16(22-3)20(24-5)17(9-13)23-4/h6-9,14H,10H2,1-5H3/t14-/m0/s1. The van der Waals surface area contributed by atoms with Gasteiger partial charge in [-0.1, -0.05) is 17.7 Å². The van der Waals surface area contributed by atoms with E-state index >= 15 is 0 Å². The molecule has 1 heterocycles. The molecule has 1 aliphatic rings. The van der Waals surface area contributed by atoms with Gasteiger partial charge in [0.1, 0.15) is 5.75 Å². The molecule has 0 amide bonds. The van der Waals surface area contributed by atoms with E-state index in [9.17, 15) is 4.79 Å². The molecule has 0 spiro atoms. The largest absolute Gasteiger partial charge is 0.493 e. The maximum absolute atomic E-state index is 12.2. The Morgan fingerprint density at radius 3 is 2.16 bits per heavy atom. The van der Waals surface area contributed by atoms with Crippen LogP contribution in [-0.2, 0) is 4.79 Å². The third-order valence-corrected chi connectivity index (χ3v) is 4.50. The summed E-state index contributed by atoms with van der Waals surface area (Å²) >= 11 is 0. The summed E-state index contributed by atoms with van der Waals surface area (Å²) in [7, 11) is 4.73. The lowest BCUT2D eigenvalue weighted by Crippen LogP contribution is -2.22. The SMILES string of the molecule is COc1cc([C@@H]2CC(=O)Oc3c(C)cc(C)cc32)cc(OC)c1OC. The second-order valence-electron chi connectivity index (χ2n) is 6.19. The van der Waals surface area contributed by atoms with E-state index in [0.29, 0.717) is 23.0 Å². The summed E-state index contributed by atoms with van der Waals surface area (Å²) in [6.07, 6.45) is 0.272. The van der Waals surface area contributed by atoms with Crippen LogP contribution in [0.5, 0.6) is 23.0 Å². The molecule has 132 valence electrons. The van der Waals surface area contributed by atoms with Crippen molar-refractivity contribution in [2.75, 3.05) is 21.3 Å². The lowest BCUT2D eigenvalue weighted by molar-refractivity contribution is -0.135. The molecule has 3 rings (SSSR count). The summed E-state index contributed by atoms with van der Waals surface area (Å²) in [5, 5.41) is 0. The number of hydrogen-bond acceptors (Lipinski definition) is 5. The summed E-state index contributed by atoms with van der Waals surface area (Å²) in [5.41, 5.74) is 4.02. The number of rotatable bonds is 4. The number of fused-ring (bicyclic) bond motifs is 1. The second kappa shape index (κ2) is 6.67. The van der Waals surface area contributed by atoms with Crippen molar-refractivity contribution in [2.24, 2.45) is 0 Å². The average Bonchev–Trinajstić information content (AvgIpc) is 2.60. The molecule has 5 nitrogen and oxygen atoms in total. The summed E-state index contributed by atoms with van der Waals surface area (Å²) in [6.45, 7) is 3.99. The fourth-order valence-corrected chi connectivity index (χ4v) is 3.42. The molecule has 0 aliphatic carbocycles. The molecular weight excluding hydrogens is 320 g/mol. The Morgan fingerprint density at radius 2 is 1.60 bits per heavy atom. The Kier molecular flexibility index (Phi) is 4.57. The van der Waals surface area contributed by atoms with Crippen LogP contribution in [0, 0.1) is 13.8 Å². The van der Waals surface area contributed by atoms with Crippen molar-refractivity contribution in [1.82, 2.24) is 0 Å². The van der Waals surface area contributed by atoms with Crippen LogP contribution < -0.4 is 18.9 Å². The highest BCUT2D eigenvalue weighted by molar-refractivity contribution is 5.78. The van der Waals surface area contributed by atoms with Crippen molar-refractivity contribution in [3.8, 4) is 23.0 Å². The Labute approximate surface area is 147 Å². The molecular formula is C20H22O5. The molecule has 0 unspecified atom stereocenters. The van der Waals surface area contributed by atoms with Crippen LogP contribution in [0.25, 0.3) is 0 Å². The molecule has 0 bridgehead atoms. The highest BCUT2D eigenvalue weighted by Gasteiger charge is 2.31. The number of carbonyl (C=O) groups excluding carboxylic acids is 1. The molecule has 1 atom stereocenters. The molecule has 0 radical (unpaired) electrons. The van der Waals surface area contributed by atoms with Gasteiger partial charge in [0.15, 0.2) is 11.5 Å².